The number of halogens is 2. The fourth-order valence-corrected chi connectivity index (χ4v) is 5.83. The van der Waals surface area contributed by atoms with Crippen LogP contribution in [0.3, 0.4) is 0 Å². The molecule has 1 unspecified atom stereocenters. The highest BCUT2D eigenvalue weighted by Crippen LogP contribution is 2.29. The first kappa shape index (κ1) is 31.3. The van der Waals surface area contributed by atoms with Gasteiger partial charge in [-0.1, -0.05) is 11.6 Å². The zero-order valence-electron chi connectivity index (χ0n) is 24.6. The molecule has 2 N–H and O–H groups in total. The van der Waals surface area contributed by atoms with Gasteiger partial charge in [-0.2, -0.15) is 4.73 Å². The molecule has 3 aromatic rings. The van der Waals surface area contributed by atoms with Crippen molar-refractivity contribution in [2.24, 2.45) is 0 Å². The summed E-state index contributed by atoms with van der Waals surface area (Å²) in [5, 5.41) is 18.2. The Balaban J connectivity index is 1.38. The lowest BCUT2D eigenvalue weighted by Gasteiger charge is -2.42. The smallest absolute Gasteiger partial charge is 0.257 e. The van der Waals surface area contributed by atoms with Crippen LogP contribution in [0.1, 0.15) is 60.3 Å². The molecule has 0 aliphatic carbocycles. The Hall–Kier alpha value is -3.69. The number of aryl methyl sites for hydroxylation is 1. The van der Waals surface area contributed by atoms with E-state index >= 15 is 0 Å². The molecular formula is C32H39ClFN5O3. The van der Waals surface area contributed by atoms with Crippen molar-refractivity contribution in [3.63, 3.8) is 0 Å². The summed E-state index contributed by atoms with van der Waals surface area (Å²) in [5.41, 5.74) is 3.80. The van der Waals surface area contributed by atoms with Crippen molar-refractivity contribution in [3.8, 4) is 0 Å². The highest BCUT2D eigenvalue weighted by molar-refractivity contribution is 6.30. The molecule has 1 aliphatic heterocycles. The molecule has 42 heavy (non-hydrogen) atoms. The molecule has 224 valence electrons. The fourth-order valence-electron chi connectivity index (χ4n) is 5.64. The van der Waals surface area contributed by atoms with Gasteiger partial charge in [0, 0.05) is 80.1 Å². The van der Waals surface area contributed by atoms with Crippen LogP contribution in [0.15, 0.2) is 54.7 Å². The number of benzene rings is 2. The second-order valence-corrected chi connectivity index (χ2v) is 11.5. The Labute approximate surface area is 252 Å². The minimum atomic E-state index is -0.293. The van der Waals surface area contributed by atoms with Gasteiger partial charge in [-0.3, -0.25) is 9.59 Å². The van der Waals surface area contributed by atoms with E-state index in [-0.39, 0.29) is 29.7 Å². The van der Waals surface area contributed by atoms with Crippen LogP contribution in [-0.2, 0) is 11.3 Å². The maximum absolute atomic E-state index is 14.7. The molecule has 4 rings (SSSR count). The van der Waals surface area contributed by atoms with E-state index in [0.717, 1.165) is 48.3 Å². The van der Waals surface area contributed by atoms with Gasteiger partial charge in [0.2, 0.25) is 11.6 Å². The number of carbonyl (C=O) groups excluding carboxylic acids is 2. The quantitative estimate of drug-likeness (QED) is 0.243. The Morgan fingerprint density at radius 1 is 1.14 bits per heavy atom. The number of hydrogen-bond acceptors (Lipinski definition) is 5. The van der Waals surface area contributed by atoms with E-state index in [4.69, 9.17) is 11.6 Å². The van der Waals surface area contributed by atoms with Crippen LogP contribution in [-0.4, -0.2) is 48.4 Å². The van der Waals surface area contributed by atoms with E-state index in [1.165, 1.54) is 19.2 Å². The summed E-state index contributed by atoms with van der Waals surface area (Å²) in [5.74, 6) is -0.657. The molecule has 10 heteroatoms. The van der Waals surface area contributed by atoms with E-state index in [9.17, 15) is 19.2 Å². The Kier molecular flexibility index (Phi) is 10.4. The molecule has 0 bridgehead atoms. The summed E-state index contributed by atoms with van der Waals surface area (Å²) in [6.07, 6.45) is 3.97. The second-order valence-electron chi connectivity index (χ2n) is 11.0. The number of pyridine rings is 1. The van der Waals surface area contributed by atoms with Crippen LogP contribution >= 0.6 is 11.6 Å². The molecule has 1 aliphatic rings. The van der Waals surface area contributed by atoms with Crippen LogP contribution in [0.4, 0.5) is 15.8 Å². The zero-order valence-corrected chi connectivity index (χ0v) is 25.4. The number of carbonyl (C=O) groups is 2. The summed E-state index contributed by atoms with van der Waals surface area (Å²) in [6, 6.07) is 14.3. The Morgan fingerprint density at radius 2 is 1.83 bits per heavy atom. The highest BCUT2D eigenvalue weighted by atomic mass is 35.5. The van der Waals surface area contributed by atoms with Crippen LogP contribution in [0, 0.1) is 24.9 Å². The van der Waals surface area contributed by atoms with Gasteiger partial charge in [0.25, 0.3) is 5.91 Å². The number of piperidine rings is 1. The first-order chi connectivity index (χ1) is 20.0. The molecule has 1 fully saturated rings. The topological polar surface area (TPSA) is 91.6 Å². The third kappa shape index (κ3) is 7.77. The minimum absolute atomic E-state index is 0.137. The third-order valence-corrected chi connectivity index (χ3v) is 8.29. The number of anilines is 2. The van der Waals surface area contributed by atoms with Crippen molar-refractivity contribution in [1.29, 1.82) is 0 Å². The number of likely N-dealkylation sites (tertiary alicyclic amines) is 1. The van der Waals surface area contributed by atoms with Gasteiger partial charge in [-0.05, 0) is 81.1 Å². The van der Waals surface area contributed by atoms with Gasteiger partial charge in [-0.15, -0.1) is 0 Å². The molecule has 2 amide bonds. The number of hydrogen-bond donors (Lipinski definition) is 2. The lowest BCUT2D eigenvalue weighted by molar-refractivity contribution is -0.612. The SMILES string of the molecule is CC(=O)Nc1ccc(N(Cc2cc(Cl)ccc2F)C2CCN(C(C)CCNC(=O)c3c(C)cc[n+]([O-])c3C)CC2)cc1. The monoisotopic (exact) mass is 595 g/mol. The van der Waals surface area contributed by atoms with Crippen molar-refractivity contribution < 1.29 is 18.7 Å². The fraction of sp³-hybridized carbons (Fsp3) is 0.406. The summed E-state index contributed by atoms with van der Waals surface area (Å²) in [4.78, 5) is 28.9. The van der Waals surface area contributed by atoms with Crippen molar-refractivity contribution >= 4 is 34.8 Å². The van der Waals surface area contributed by atoms with Crippen molar-refractivity contribution in [2.45, 2.75) is 65.6 Å². The summed E-state index contributed by atoms with van der Waals surface area (Å²) < 4.78 is 15.5. The number of aromatic nitrogens is 1. The van der Waals surface area contributed by atoms with Crippen molar-refractivity contribution in [1.82, 2.24) is 10.2 Å². The zero-order chi connectivity index (χ0) is 30.4. The van der Waals surface area contributed by atoms with Gasteiger partial charge in [0.15, 0.2) is 6.20 Å². The van der Waals surface area contributed by atoms with Crippen molar-refractivity contribution in [3.05, 3.63) is 93.2 Å². The van der Waals surface area contributed by atoms with Crippen LogP contribution in [0.2, 0.25) is 5.02 Å². The standard InChI is InChI=1S/C32H39ClFN5O3/c1-21-12-18-39(42)23(3)31(21)32(41)35-15-11-22(2)37-16-13-29(14-17-37)38(20-25-19-26(33)5-10-30(25)34)28-8-6-27(7-9-28)36-24(4)40/h5-10,12,18-19,22,29H,11,13-17,20H2,1-4H3,(H,35,41)(H,36,40). The molecule has 0 spiro atoms. The molecule has 1 aromatic heterocycles. The van der Waals surface area contributed by atoms with E-state index in [2.05, 4.69) is 27.4 Å². The van der Waals surface area contributed by atoms with Gasteiger partial charge in [0.1, 0.15) is 11.4 Å². The van der Waals surface area contributed by atoms with E-state index < -0.39 is 0 Å². The molecule has 2 heterocycles. The molecular weight excluding hydrogens is 557 g/mol. The Bertz CT molecular complexity index is 1410. The van der Waals surface area contributed by atoms with Crippen LogP contribution in [0.25, 0.3) is 0 Å². The average Bonchev–Trinajstić information content (AvgIpc) is 2.96. The number of nitrogens with zero attached hydrogens (tertiary/aromatic N) is 3. The Morgan fingerprint density at radius 3 is 2.50 bits per heavy atom. The van der Waals surface area contributed by atoms with Crippen LogP contribution < -0.4 is 20.3 Å². The maximum atomic E-state index is 14.7. The van der Waals surface area contributed by atoms with Crippen molar-refractivity contribution in [2.75, 3.05) is 29.9 Å². The molecule has 0 radical (unpaired) electrons. The molecule has 8 nitrogen and oxygen atoms in total. The first-order valence-corrected chi connectivity index (χ1v) is 14.7. The lowest BCUT2D eigenvalue weighted by atomic mass is 9.99. The maximum Gasteiger partial charge on any atom is 0.257 e. The predicted octanol–water partition coefficient (Wildman–Crippen LogP) is 5.37. The van der Waals surface area contributed by atoms with Gasteiger partial charge >= 0.3 is 0 Å². The lowest BCUT2D eigenvalue weighted by Crippen LogP contribution is -2.48. The predicted molar refractivity (Wildman–Crippen MR) is 164 cm³/mol. The van der Waals surface area contributed by atoms with E-state index in [1.54, 1.807) is 25.1 Å². The third-order valence-electron chi connectivity index (χ3n) is 8.05. The van der Waals surface area contributed by atoms with E-state index in [0.29, 0.717) is 40.6 Å². The number of nitrogens with one attached hydrogen (secondary N) is 2. The average molecular weight is 596 g/mol. The molecule has 2 aromatic carbocycles. The van der Waals surface area contributed by atoms with Gasteiger partial charge < -0.3 is 25.6 Å². The molecule has 1 saturated heterocycles. The van der Waals surface area contributed by atoms with E-state index in [1.807, 2.05) is 31.2 Å². The van der Waals surface area contributed by atoms with Crippen LogP contribution in [0.5, 0.6) is 0 Å². The second kappa shape index (κ2) is 14.0. The normalized spacial score (nSPS) is 14.8. The summed E-state index contributed by atoms with van der Waals surface area (Å²) in [7, 11) is 0. The minimum Gasteiger partial charge on any atom is -0.618 e. The molecule has 1 atom stereocenters. The largest absolute Gasteiger partial charge is 0.618 e. The van der Waals surface area contributed by atoms with Gasteiger partial charge in [0.05, 0.1) is 0 Å². The summed E-state index contributed by atoms with van der Waals surface area (Å²) in [6.45, 7) is 9.73. The molecule has 0 saturated carbocycles. The number of rotatable bonds is 10. The van der Waals surface area contributed by atoms with Gasteiger partial charge in [-0.25, -0.2) is 4.39 Å². The first-order valence-electron chi connectivity index (χ1n) is 14.3. The number of amides is 2. The highest BCUT2D eigenvalue weighted by Gasteiger charge is 2.28. The summed E-state index contributed by atoms with van der Waals surface area (Å²) >= 11 is 6.20.